The Morgan fingerprint density at radius 2 is 2.12 bits per heavy atom. The van der Waals surface area contributed by atoms with Crippen molar-refractivity contribution in [3.05, 3.63) is 29.3 Å². The van der Waals surface area contributed by atoms with Gasteiger partial charge in [0.2, 0.25) is 0 Å². The lowest BCUT2D eigenvalue weighted by atomic mass is 10.1. The molecule has 0 spiro atoms. The van der Waals surface area contributed by atoms with Gasteiger partial charge in [-0.15, -0.1) is 0 Å². The molecule has 0 saturated carbocycles. The monoisotopic (exact) mass is 365 g/mol. The largest absolute Gasteiger partial charge is 0.493 e. The van der Waals surface area contributed by atoms with Crippen LogP contribution in [-0.2, 0) is 23.6 Å². The van der Waals surface area contributed by atoms with Crippen LogP contribution in [-0.4, -0.2) is 46.9 Å². The van der Waals surface area contributed by atoms with Crippen LogP contribution >= 0.6 is 0 Å². The van der Waals surface area contributed by atoms with E-state index >= 15 is 0 Å². The first kappa shape index (κ1) is 19.8. The van der Waals surface area contributed by atoms with Gasteiger partial charge in [-0.25, -0.2) is 0 Å². The van der Waals surface area contributed by atoms with Gasteiger partial charge in [-0.05, 0) is 51.3 Å². The van der Waals surface area contributed by atoms with Crippen LogP contribution in [0.3, 0.4) is 0 Å². The SMILES string of the molecule is CCNC(=NCCS(=O)C(C)(C)C)NCCc1ccc2c(c1)CCO2. The molecule has 0 radical (unpaired) electrons. The van der Waals surface area contributed by atoms with E-state index in [4.69, 9.17) is 4.74 Å². The number of aliphatic imine (C=N–C) groups is 1. The van der Waals surface area contributed by atoms with E-state index in [1.807, 2.05) is 27.7 Å². The standard InChI is InChI=1S/C19H31N3O2S/c1-5-20-18(22-11-13-25(23)19(2,3)4)21-10-8-15-6-7-17-16(14-15)9-12-24-17/h6-7,14H,5,8-13H2,1-4H3,(H2,20,21,22). The molecule has 0 amide bonds. The van der Waals surface area contributed by atoms with Crippen molar-refractivity contribution in [3.63, 3.8) is 0 Å². The molecule has 1 aliphatic heterocycles. The second-order valence-corrected chi connectivity index (χ2v) is 9.46. The maximum Gasteiger partial charge on any atom is 0.191 e. The third-order valence-corrected chi connectivity index (χ3v) is 5.95. The molecular formula is C19H31N3O2S. The third-order valence-electron chi connectivity index (χ3n) is 4.03. The zero-order valence-electron chi connectivity index (χ0n) is 15.9. The van der Waals surface area contributed by atoms with Crippen molar-refractivity contribution in [2.75, 3.05) is 32.0 Å². The molecule has 6 heteroatoms. The first-order valence-electron chi connectivity index (χ1n) is 9.05. The quantitative estimate of drug-likeness (QED) is 0.575. The number of hydrogen-bond donors (Lipinski definition) is 2. The molecule has 140 valence electrons. The van der Waals surface area contributed by atoms with Gasteiger partial charge in [-0.2, -0.15) is 0 Å². The molecule has 0 aliphatic carbocycles. The molecule has 1 aromatic rings. The number of ether oxygens (including phenoxy) is 1. The fourth-order valence-electron chi connectivity index (χ4n) is 2.61. The second kappa shape index (κ2) is 9.22. The summed E-state index contributed by atoms with van der Waals surface area (Å²) in [5.74, 6) is 2.40. The molecule has 1 aromatic carbocycles. The van der Waals surface area contributed by atoms with Crippen molar-refractivity contribution >= 4 is 16.8 Å². The molecule has 25 heavy (non-hydrogen) atoms. The summed E-state index contributed by atoms with van der Waals surface area (Å²) in [5.41, 5.74) is 2.61. The van der Waals surface area contributed by atoms with Crippen molar-refractivity contribution in [2.24, 2.45) is 4.99 Å². The van der Waals surface area contributed by atoms with Crippen LogP contribution in [0.25, 0.3) is 0 Å². The Balaban J connectivity index is 1.80. The number of fused-ring (bicyclic) bond motifs is 1. The van der Waals surface area contributed by atoms with Gasteiger partial charge in [-0.1, -0.05) is 12.1 Å². The van der Waals surface area contributed by atoms with Crippen LogP contribution < -0.4 is 15.4 Å². The van der Waals surface area contributed by atoms with Gasteiger partial charge < -0.3 is 15.4 Å². The molecule has 1 aliphatic rings. The second-order valence-electron chi connectivity index (χ2n) is 7.14. The van der Waals surface area contributed by atoms with Crippen molar-refractivity contribution in [3.8, 4) is 5.75 Å². The van der Waals surface area contributed by atoms with Crippen molar-refractivity contribution in [2.45, 2.75) is 45.3 Å². The maximum absolute atomic E-state index is 12.1. The van der Waals surface area contributed by atoms with Crippen LogP contribution in [0.15, 0.2) is 23.2 Å². The Kier molecular flexibility index (Phi) is 7.29. The van der Waals surface area contributed by atoms with Gasteiger partial charge >= 0.3 is 0 Å². The van der Waals surface area contributed by atoms with Gasteiger partial charge in [0.25, 0.3) is 0 Å². The number of nitrogens with zero attached hydrogens (tertiary/aromatic N) is 1. The average Bonchev–Trinajstić information content (AvgIpc) is 3.01. The van der Waals surface area contributed by atoms with Crippen LogP contribution in [0.4, 0.5) is 0 Å². The topological polar surface area (TPSA) is 62.7 Å². The number of guanidine groups is 1. The van der Waals surface area contributed by atoms with E-state index in [1.54, 1.807) is 0 Å². The van der Waals surface area contributed by atoms with E-state index < -0.39 is 10.8 Å². The van der Waals surface area contributed by atoms with Crippen molar-refractivity contribution in [1.29, 1.82) is 0 Å². The van der Waals surface area contributed by atoms with E-state index in [9.17, 15) is 4.21 Å². The highest BCUT2D eigenvalue weighted by Crippen LogP contribution is 2.25. The van der Waals surface area contributed by atoms with Crippen molar-refractivity contribution in [1.82, 2.24) is 10.6 Å². The summed E-state index contributed by atoms with van der Waals surface area (Å²) in [5, 5.41) is 6.60. The van der Waals surface area contributed by atoms with E-state index in [2.05, 4.69) is 33.8 Å². The highest BCUT2D eigenvalue weighted by molar-refractivity contribution is 7.86. The molecule has 2 rings (SSSR count). The summed E-state index contributed by atoms with van der Waals surface area (Å²) >= 11 is 0. The molecule has 0 bridgehead atoms. The molecule has 5 nitrogen and oxygen atoms in total. The fraction of sp³-hybridized carbons (Fsp3) is 0.632. The van der Waals surface area contributed by atoms with E-state index in [0.29, 0.717) is 12.3 Å². The summed E-state index contributed by atoms with van der Waals surface area (Å²) in [6.45, 7) is 11.0. The zero-order chi connectivity index (χ0) is 18.3. The molecule has 0 aromatic heterocycles. The lowest BCUT2D eigenvalue weighted by Gasteiger charge is -2.17. The minimum atomic E-state index is -0.868. The van der Waals surface area contributed by atoms with Crippen LogP contribution in [0, 0.1) is 0 Å². The minimum Gasteiger partial charge on any atom is -0.493 e. The smallest absolute Gasteiger partial charge is 0.191 e. The lowest BCUT2D eigenvalue weighted by molar-refractivity contribution is 0.357. The molecule has 1 unspecified atom stereocenters. The molecular weight excluding hydrogens is 334 g/mol. The first-order chi connectivity index (χ1) is 11.9. The van der Waals surface area contributed by atoms with E-state index in [1.165, 1.54) is 11.1 Å². The summed E-state index contributed by atoms with van der Waals surface area (Å²) in [7, 11) is -0.868. The Hall–Kier alpha value is -1.56. The average molecular weight is 366 g/mol. The molecule has 2 N–H and O–H groups in total. The predicted octanol–water partition coefficient (Wildman–Crippen LogP) is 2.27. The summed E-state index contributed by atoms with van der Waals surface area (Å²) in [6.07, 6.45) is 1.94. The van der Waals surface area contributed by atoms with Gasteiger partial charge in [0.1, 0.15) is 5.75 Å². The summed E-state index contributed by atoms with van der Waals surface area (Å²) < 4.78 is 17.5. The molecule has 1 atom stereocenters. The zero-order valence-corrected chi connectivity index (χ0v) is 16.7. The number of benzene rings is 1. The van der Waals surface area contributed by atoms with E-state index in [0.717, 1.165) is 44.2 Å². The number of rotatable bonds is 7. The summed E-state index contributed by atoms with van der Waals surface area (Å²) in [4.78, 5) is 4.54. The van der Waals surface area contributed by atoms with Crippen LogP contribution in [0.2, 0.25) is 0 Å². The Bertz CT molecular complexity index is 624. The highest BCUT2D eigenvalue weighted by atomic mass is 32.2. The Labute approximate surface area is 154 Å². The number of hydrogen-bond acceptors (Lipinski definition) is 3. The third kappa shape index (κ3) is 6.34. The molecule has 0 fully saturated rings. The minimum absolute atomic E-state index is 0.182. The lowest BCUT2D eigenvalue weighted by Crippen LogP contribution is -2.38. The van der Waals surface area contributed by atoms with Crippen LogP contribution in [0.5, 0.6) is 5.75 Å². The molecule has 1 heterocycles. The first-order valence-corrected chi connectivity index (χ1v) is 10.4. The molecule has 0 saturated heterocycles. The Morgan fingerprint density at radius 3 is 2.84 bits per heavy atom. The Morgan fingerprint density at radius 1 is 1.32 bits per heavy atom. The maximum atomic E-state index is 12.1. The van der Waals surface area contributed by atoms with Gasteiger partial charge in [-0.3, -0.25) is 9.20 Å². The van der Waals surface area contributed by atoms with Gasteiger partial charge in [0, 0.05) is 40.8 Å². The predicted molar refractivity (Wildman–Crippen MR) is 106 cm³/mol. The van der Waals surface area contributed by atoms with Crippen LogP contribution in [0.1, 0.15) is 38.8 Å². The normalized spacial score (nSPS) is 15.4. The van der Waals surface area contributed by atoms with E-state index in [-0.39, 0.29) is 4.75 Å². The summed E-state index contributed by atoms with van der Waals surface area (Å²) in [6, 6.07) is 6.43. The number of nitrogens with one attached hydrogen (secondary N) is 2. The van der Waals surface area contributed by atoms with Crippen molar-refractivity contribution < 1.29 is 8.95 Å². The highest BCUT2D eigenvalue weighted by Gasteiger charge is 2.18. The van der Waals surface area contributed by atoms with Gasteiger partial charge in [0.05, 0.1) is 13.2 Å². The fourth-order valence-corrected chi connectivity index (χ4v) is 3.48. The van der Waals surface area contributed by atoms with Gasteiger partial charge in [0.15, 0.2) is 5.96 Å².